The van der Waals surface area contributed by atoms with E-state index in [4.69, 9.17) is 0 Å². The highest BCUT2D eigenvalue weighted by Gasteiger charge is 2.21. The predicted molar refractivity (Wildman–Crippen MR) is 106 cm³/mol. The van der Waals surface area contributed by atoms with Crippen LogP contribution in [0.2, 0.25) is 0 Å². The molecule has 0 radical (unpaired) electrons. The first-order valence-corrected chi connectivity index (χ1v) is 9.14. The molecule has 0 aliphatic rings. The van der Waals surface area contributed by atoms with Crippen molar-refractivity contribution in [1.29, 1.82) is 0 Å². The molecule has 0 saturated heterocycles. The monoisotopic (exact) mass is 377 g/mol. The number of aromatic carboxylic acids is 1. The van der Waals surface area contributed by atoms with Gasteiger partial charge in [-0.25, -0.2) is 4.79 Å². The van der Waals surface area contributed by atoms with Crippen LogP contribution in [0, 0.1) is 5.92 Å². The number of aromatic nitrogens is 2. The minimum atomic E-state index is -1.06. The van der Waals surface area contributed by atoms with Crippen LogP contribution in [0.1, 0.15) is 27.2 Å². The first-order valence-electron chi connectivity index (χ1n) is 9.14. The van der Waals surface area contributed by atoms with Crippen LogP contribution < -0.4 is 5.32 Å². The van der Waals surface area contributed by atoms with Gasteiger partial charge in [-0.2, -0.15) is 5.10 Å². The maximum absolute atomic E-state index is 12.9. The molecular weight excluding hydrogens is 354 g/mol. The number of rotatable bonds is 8. The van der Waals surface area contributed by atoms with Crippen LogP contribution >= 0.6 is 0 Å². The van der Waals surface area contributed by atoms with E-state index in [0.717, 1.165) is 11.1 Å². The Hall–Kier alpha value is -3.41. The number of carboxylic acid groups (broad SMARTS) is 1. The molecule has 2 N–H and O–H groups in total. The number of aryl methyl sites for hydroxylation is 1. The molecule has 144 valence electrons. The highest BCUT2D eigenvalue weighted by Crippen LogP contribution is 2.16. The van der Waals surface area contributed by atoms with Crippen molar-refractivity contribution in [3.63, 3.8) is 0 Å². The Morgan fingerprint density at radius 1 is 1.00 bits per heavy atom. The van der Waals surface area contributed by atoms with Gasteiger partial charge in [0.25, 0.3) is 0 Å². The minimum absolute atomic E-state index is 0.0861. The van der Waals surface area contributed by atoms with Crippen molar-refractivity contribution >= 4 is 11.9 Å². The van der Waals surface area contributed by atoms with Crippen LogP contribution in [0.15, 0.2) is 66.9 Å². The number of carbonyl (C=O) groups is 2. The largest absolute Gasteiger partial charge is 0.477 e. The summed E-state index contributed by atoms with van der Waals surface area (Å²) in [5.41, 5.74) is 2.75. The molecule has 0 atom stereocenters. The van der Waals surface area contributed by atoms with Crippen molar-refractivity contribution < 1.29 is 14.7 Å². The summed E-state index contributed by atoms with van der Waals surface area (Å²) in [5, 5.41) is 16.2. The lowest BCUT2D eigenvalue weighted by Gasteiger charge is -2.17. The van der Waals surface area contributed by atoms with E-state index < -0.39 is 5.97 Å². The predicted octanol–water partition coefficient (Wildman–Crippen LogP) is 2.84. The van der Waals surface area contributed by atoms with Crippen molar-refractivity contribution in [1.82, 2.24) is 15.1 Å². The first-order chi connectivity index (χ1) is 13.5. The van der Waals surface area contributed by atoms with Gasteiger partial charge in [-0.15, -0.1) is 0 Å². The van der Waals surface area contributed by atoms with Crippen LogP contribution in [0.4, 0.5) is 0 Å². The van der Waals surface area contributed by atoms with Gasteiger partial charge in [0.1, 0.15) is 0 Å². The van der Waals surface area contributed by atoms with Crippen molar-refractivity contribution in [3.8, 4) is 0 Å². The van der Waals surface area contributed by atoms with Crippen molar-refractivity contribution in [3.05, 3.63) is 89.2 Å². The van der Waals surface area contributed by atoms with Crippen molar-refractivity contribution in [2.45, 2.75) is 19.4 Å². The van der Waals surface area contributed by atoms with Crippen LogP contribution in [-0.4, -0.2) is 26.8 Å². The maximum atomic E-state index is 12.9. The topological polar surface area (TPSA) is 84.2 Å². The zero-order valence-electron chi connectivity index (χ0n) is 15.7. The second-order valence-electron chi connectivity index (χ2n) is 6.74. The van der Waals surface area contributed by atoms with E-state index in [1.165, 1.54) is 10.9 Å². The van der Waals surface area contributed by atoms with Gasteiger partial charge in [0.15, 0.2) is 5.69 Å². The average molecular weight is 377 g/mol. The number of carbonyl (C=O) groups excluding carboxylic acids is 1. The number of hydrogen-bond donors (Lipinski definition) is 2. The van der Waals surface area contributed by atoms with Gasteiger partial charge in [0.2, 0.25) is 5.91 Å². The molecule has 0 fully saturated rings. The van der Waals surface area contributed by atoms with Gasteiger partial charge in [0.05, 0.1) is 6.20 Å². The van der Waals surface area contributed by atoms with Gasteiger partial charge in [-0.1, -0.05) is 60.7 Å². The number of benzene rings is 2. The summed E-state index contributed by atoms with van der Waals surface area (Å²) in [4.78, 5) is 24.3. The van der Waals surface area contributed by atoms with Crippen molar-refractivity contribution in [2.24, 2.45) is 13.0 Å². The molecule has 0 bridgehead atoms. The second kappa shape index (κ2) is 8.99. The summed E-state index contributed by atoms with van der Waals surface area (Å²) < 4.78 is 1.30. The minimum Gasteiger partial charge on any atom is -0.477 e. The summed E-state index contributed by atoms with van der Waals surface area (Å²) in [7, 11) is 1.57. The van der Waals surface area contributed by atoms with E-state index in [9.17, 15) is 14.7 Å². The highest BCUT2D eigenvalue weighted by molar-refractivity contribution is 5.87. The molecule has 3 aromatic rings. The molecule has 1 heterocycles. The lowest BCUT2D eigenvalue weighted by Crippen LogP contribution is -2.33. The number of nitrogens with zero attached hydrogens (tertiary/aromatic N) is 2. The number of hydrogen-bond acceptors (Lipinski definition) is 3. The van der Waals surface area contributed by atoms with Gasteiger partial charge < -0.3 is 10.4 Å². The Morgan fingerprint density at radius 3 is 2.04 bits per heavy atom. The molecule has 0 aliphatic carbocycles. The van der Waals surface area contributed by atoms with Crippen LogP contribution in [-0.2, 0) is 31.2 Å². The molecule has 1 aromatic heterocycles. The normalized spacial score (nSPS) is 10.8. The lowest BCUT2D eigenvalue weighted by atomic mass is 9.91. The molecule has 28 heavy (non-hydrogen) atoms. The van der Waals surface area contributed by atoms with Gasteiger partial charge in [-0.05, 0) is 24.0 Å². The molecule has 2 aromatic carbocycles. The molecule has 6 nitrogen and oxygen atoms in total. The molecule has 0 saturated carbocycles. The Morgan fingerprint density at radius 2 is 1.54 bits per heavy atom. The summed E-state index contributed by atoms with van der Waals surface area (Å²) >= 11 is 0. The molecule has 0 aliphatic heterocycles. The summed E-state index contributed by atoms with van der Waals surface area (Å²) in [6.07, 6.45) is 2.70. The van der Waals surface area contributed by atoms with Gasteiger partial charge >= 0.3 is 5.97 Å². The number of carboxylic acids is 1. The lowest BCUT2D eigenvalue weighted by molar-refractivity contribution is -0.125. The fourth-order valence-electron chi connectivity index (χ4n) is 3.27. The quantitative estimate of drug-likeness (QED) is 0.632. The highest BCUT2D eigenvalue weighted by atomic mass is 16.4. The average Bonchev–Trinajstić information content (AvgIpc) is 3.08. The maximum Gasteiger partial charge on any atom is 0.354 e. The molecule has 6 heteroatoms. The SMILES string of the molecule is Cn1ncc(CNC(=O)C(Cc2ccccc2)Cc2ccccc2)c1C(=O)O. The zero-order valence-corrected chi connectivity index (χ0v) is 15.7. The van der Waals surface area contributed by atoms with E-state index in [1.807, 2.05) is 60.7 Å². The van der Waals surface area contributed by atoms with Crippen LogP contribution in [0.5, 0.6) is 0 Å². The molecule has 0 spiro atoms. The van der Waals surface area contributed by atoms with E-state index in [2.05, 4.69) is 10.4 Å². The third-order valence-corrected chi connectivity index (χ3v) is 4.69. The van der Waals surface area contributed by atoms with E-state index in [-0.39, 0.29) is 24.1 Å². The summed E-state index contributed by atoms with van der Waals surface area (Å²) in [6.45, 7) is 0.133. The Kier molecular flexibility index (Phi) is 6.22. The summed E-state index contributed by atoms with van der Waals surface area (Å²) in [6, 6.07) is 19.8. The Bertz CT molecular complexity index is 895. The second-order valence-corrected chi connectivity index (χ2v) is 6.74. The molecule has 0 unspecified atom stereocenters. The van der Waals surface area contributed by atoms with Gasteiger partial charge in [-0.3, -0.25) is 9.48 Å². The third kappa shape index (κ3) is 4.85. The Labute approximate surface area is 163 Å². The van der Waals surface area contributed by atoms with Gasteiger partial charge in [0, 0.05) is 25.1 Å². The molecule has 3 rings (SSSR count). The molecule has 1 amide bonds. The number of nitrogens with one attached hydrogen (secondary N) is 1. The third-order valence-electron chi connectivity index (χ3n) is 4.69. The summed E-state index contributed by atoms with van der Waals surface area (Å²) in [5.74, 6) is -1.42. The standard InChI is InChI=1S/C22H23N3O3/c1-25-20(22(27)28)19(15-24-25)14-23-21(26)18(12-16-8-4-2-5-9-16)13-17-10-6-3-7-11-17/h2-11,15,18H,12-14H2,1H3,(H,23,26)(H,27,28). The molecular formula is C22H23N3O3. The Balaban J connectivity index is 1.73. The van der Waals surface area contributed by atoms with Crippen LogP contribution in [0.3, 0.4) is 0 Å². The van der Waals surface area contributed by atoms with Crippen LogP contribution in [0.25, 0.3) is 0 Å². The van der Waals surface area contributed by atoms with E-state index in [1.54, 1.807) is 7.05 Å². The van der Waals surface area contributed by atoms with E-state index >= 15 is 0 Å². The number of amides is 1. The zero-order chi connectivity index (χ0) is 19.9. The van der Waals surface area contributed by atoms with E-state index in [0.29, 0.717) is 18.4 Å². The first kappa shape index (κ1) is 19.4. The fraction of sp³-hybridized carbons (Fsp3) is 0.227. The van der Waals surface area contributed by atoms with Crippen molar-refractivity contribution in [2.75, 3.05) is 0 Å². The smallest absolute Gasteiger partial charge is 0.354 e. The fourth-order valence-corrected chi connectivity index (χ4v) is 3.27.